The van der Waals surface area contributed by atoms with Gasteiger partial charge in [0.1, 0.15) is 0 Å². The summed E-state index contributed by atoms with van der Waals surface area (Å²) in [6.45, 7) is 7.55. The Morgan fingerprint density at radius 2 is 2.06 bits per heavy atom. The fraction of sp³-hybridized carbons (Fsp3) is 0.929. The van der Waals surface area contributed by atoms with Crippen molar-refractivity contribution in [2.45, 2.75) is 58.4 Å². The van der Waals surface area contributed by atoms with Crippen LogP contribution in [0.25, 0.3) is 0 Å². The zero-order valence-electron chi connectivity index (χ0n) is 11.3. The van der Waals surface area contributed by atoms with Crippen molar-refractivity contribution in [2.24, 2.45) is 5.41 Å². The van der Waals surface area contributed by atoms with Crippen LogP contribution in [0.1, 0.15) is 52.4 Å². The lowest BCUT2D eigenvalue weighted by Crippen LogP contribution is -2.51. The van der Waals surface area contributed by atoms with Crippen molar-refractivity contribution in [3.05, 3.63) is 0 Å². The van der Waals surface area contributed by atoms with Gasteiger partial charge in [-0.05, 0) is 37.6 Å². The molecular weight excluding hydrogens is 212 g/mol. The van der Waals surface area contributed by atoms with E-state index >= 15 is 0 Å². The van der Waals surface area contributed by atoms with Gasteiger partial charge in [0.15, 0.2) is 0 Å². The monoisotopic (exact) mass is 238 g/mol. The van der Waals surface area contributed by atoms with E-state index in [1.165, 1.54) is 32.1 Å². The second-order valence-corrected chi connectivity index (χ2v) is 5.99. The molecule has 2 fully saturated rings. The maximum absolute atomic E-state index is 12.3. The largest absolute Gasteiger partial charge is 0.341 e. The summed E-state index contributed by atoms with van der Waals surface area (Å²) in [4.78, 5) is 14.4. The lowest BCUT2D eigenvalue weighted by atomic mass is 9.78. The van der Waals surface area contributed by atoms with Gasteiger partial charge in [-0.15, -0.1) is 0 Å². The van der Waals surface area contributed by atoms with E-state index in [0.29, 0.717) is 11.3 Å². The molecule has 2 saturated heterocycles. The van der Waals surface area contributed by atoms with Crippen LogP contribution in [0.15, 0.2) is 0 Å². The van der Waals surface area contributed by atoms with Gasteiger partial charge in [-0.3, -0.25) is 4.79 Å². The molecule has 0 bridgehead atoms. The van der Waals surface area contributed by atoms with Gasteiger partial charge in [-0.25, -0.2) is 0 Å². The third-order valence-electron chi connectivity index (χ3n) is 4.74. The van der Waals surface area contributed by atoms with Crippen LogP contribution in [0.3, 0.4) is 0 Å². The number of hydrogen-bond donors (Lipinski definition) is 1. The highest BCUT2D eigenvalue weighted by Gasteiger charge is 2.33. The van der Waals surface area contributed by atoms with E-state index in [1.807, 2.05) is 0 Å². The summed E-state index contributed by atoms with van der Waals surface area (Å²) in [5, 5.41) is 3.36. The Morgan fingerprint density at radius 1 is 1.35 bits per heavy atom. The number of nitrogens with one attached hydrogen (secondary N) is 1. The number of hydrogen-bond acceptors (Lipinski definition) is 2. The molecule has 2 aliphatic heterocycles. The molecule has 1 amide bonds. The summed E-state index contributed by atoms with van der Waals surface area (Å²) < 4.78 is 0. The highest BCUT2D eigenvalue weighted by molar-refractivity contribution is 5.82. The number of carbonyl (C=O) groups excluding carboxylic acids is 1. The highest BCUT2D eigenvalue weighted by Crippen LogP contribution is 2.34. The SMILES string of the molecule is CCC1(C)CCN(C(=O)[C@@H]2CCCCN2)CC1. The Balaban J connectivity index is 1.85. The van der Waals surface area contributed by atoms with Crippen molar-refractivity contribution < 1.29 is 4.79 Å². The van der Waals surface area contributed by atoms with Crippen LogP contribution in [-0.2, 0) is 4.79 Å². The van der Waals surface area contributed by atoms with Crippen LogP contribution in [0.5, 0.6) is 0 Å². The summed E-state index contributed by atoms with van der Waals surface area (Å²) in [7, 11) is 0. The van der Waals surface area contributed by atoms with Gasteiger partial charge >= 0.3 is 0 Å². The molecule has 1 atom stereocenters. The predicted molar refractivity (Wildman–Crippen MR) is 69.9 cm³/mol. The summed E-state index contributed by atoms with van der Waals surface area (Å²) in [6, 6.07) is 0.106. The van der Waals surface area contributed by atoms with Gasteiger partial charge in [0.05, 0.1) is 6.04 Å². The average Bonchev–Trinajstić information content (AvgIpc) is 2.40. The fourth-order valence-corrected chi connectivity index (χ4v) is 2.90. The lowest BCUT2D eigenvalue weighted by molar-refractivity contribution is -0.136. The summed E-state index contributed by atoms with van der Waals surface area (Å²) in [5.41, 5.74) is 0.469. The quantitative estimate of drug-likeness (QED) is 0.799. The molecule has 3 heteroatoms. The van der Waals surface area contributed by atoms with E-state index in [9.17, 15) is 4.79 Å². The third-order valence-corrected chi connectivity index (χ3v) is 4.74. The Kier molecular flexibility index (Phi) is 4.08. The van der Waals surface area contributed by atoms with Crippen molar-refractivity contribution >= 4 is 5.91 Å². The molecule has 3 nitrogen and oxygen atoms in total. The minimum atomic E-state index is 0.106. The van der Waals surface area contributed by atoms with Crippen LogP contribution in [-0.4, -0.2) is 36.5 Å². The van der Waals surface area contributed by atoms with Crippen LogP contribution in [0.2, 0.25) is 0 Å². The van der Waals surface area contributed by atoms with E-state index in [-0.39, 0.29) is 6.04 Å². The van der Waals surface area contributed by atoms with Gasteiger partial charge in [-0.2, -0.15) is 0 Å². The van der Waals surface area contributed by atoms with Crippen molar-refractivity contribution in [1.82, 2.24) is 10.2 Å². The molecule has 0 aromatic rings. The highest BCUT2D eigenvalue weighted by atomic mass is 16.2. The molecule has 0 aliphatic carbocycles. The first-order valence-corrected chi connectivity index (χ1v) is 7.17. The molecular formula is C14H26N2O. The summed E-state index contributed by atoms with van der Waals surface area (Å²) in [6.07, 6.45) is 7.02. The minimum absolute atomic E-state index is 0.106. The van der Waals surface area contributed by atoms with E-state index < -0.39 is 0 Å². The predicted octanol–water partition coefficient (Wildman–Crippen LogP) is 2.17. The molecule has 2 aliphatic rings. The molecule has 0 aromatic heterocycles. The Labute approximate surface area is 105 Å². The average molecular weight is 238 g/mol. The van der Waals surface area contributed by atoms with Crippen molar-refractivity contribution in [1.29, 1.82) is 0 Å². The molecule has 1 N–H and O–H groups in total. The number of amides is 1. The zero-order chi connectivity index (χ0) is 12.3. The molecule has 0 radical (unpaired) electrons. The number of rotatable bonds is 2. The molecule has 2 heterocycles. The molecule has 0 unspecified atom stereocenters. The van der Waals surface area contributed by atoms with Gasteiger partial charge in [0.25, 0.3) is 0 Å². The summed E-state index contributed by atoms with van der Waals surface area (Å²) in [5.74, 6) is 0.350. The fourth-order valence-electron chi connectivity index (χ4n) is 2.90. The molecule has 0 aromatic carbocycles. The molecule has 0 spiro atoms. The number of carbonyl (C=O) groups is 1. The van der Waals surface area contributed by atoms with Crippen LogP contribution < -0.4 is 5.32 Å². The maximum Gasteiger partial charge on any atom is 0.239 e. The first-order valence-electron chi connectivity index (χ1n) is 7.17. The number of nitrogens with zero attached hydrogens (tertiary/aromatic N) is 1. The van der Waals surface area contributed by atoms with E-state index in [1.54, 1.807) is 0 Å². The normalized spacial score (nSPS) is 29.1. The van der Waals surface area contributed by atoms with Crippen molar-refractivity contribution in [3.63, 3.8) is 0 Å². The van der Waals surface area contributed by atoms with Gasteiger partial charge < -0.3 is 10.2 Å². The first-order chi connectivity index (χ1) is 8.14. The van der Waals surface area contributed by atoms with Crippen LogP contribution in [0, 0.1) is 5.41 Å². The number of piperidine rings is 2. The maximum atomic E-state index is 12.3. The van der Waals surface area contributed by atoms with E-state index in [0.717, 1.165) is 26.1 Å². The first kappa shape index (κ1) is 12.9. The molecule has 98 valence electrons. The Bertz CT molecular complexity index is 263. The van der Waals surface area contributed by atoms with Gasteiger partial charge in [0.2, 0.25) is 5.91 Å². The Morgan fingerprint density at radius 3 is 2.59 bits per heavy atom. The second kappa shape index (κ2) is 5.38. The lowest BCUT2D eigenvalue weighted by Gasteiger charge is -2.40. The second-order valence-electron chi connectivity index (χ2n) is 5.99. The van der Waals surface area contributed by atoms with Gasteiger partial charge in [0, 0.05) is 13.1 Å². The Hall–Kier alpha value is -0.570. The topological polar surface area (TPSA) is 32.3 Å². The number of likely N-dealkylation sites (tertiary alicyclic amines) is 1. The van der Waals surface area contributed by atoms with E-state index in [4.69, 9.17) is 0 Å². The van der Waals surface area contributed by atoms with Gasteiger partial charge in [-0.1, -0.05) is 26.7 Å². The van der Waals surface area contributed by atoms with E-state index in [2.05, 4.69) is 24.1 Å². The smallest absolute Gasteiger partial charge is 0.239 e. The van der Waals surface area contributed by atoms with Crippen molar-refractivity contribution in [3.8, 4) is 0 Å². The zero-order valence-corrected chi connectivity index (χ0v) is 11.3. The van der Waals surface area contributed by atoms with Crippen LogP contribution in [0.4, 0.5) is 0 Å². The minimum Gasteiger partial charge on any atom is -0.341 e. The van der Waals surface area contributed by atoms with Crippen molar-refractivity contribution in [2.75, 3.05) is 19.6 Å². The van der Waals surface area contributed by atoms with Crippen LogP contribution >= 0.6 is 0 Å². The standard InChI is InChI=1S/C14H26N2O/c1-3-14(2)7-10-16(11-8-14)13(17)12-6-4-5-9-15-12/h12,15H,3-11H2,1-2H3/t12-/m0/s1. The summed E-state index contributed by atoms with van der Waals surface area (Å²) >= 11 is 0. The molecule has 17 heavy (non-hydrogen) atoms. The molecule has 2 rings (SSSR count). The molecule has 0 saturated carbocycles. The third kappa shape index (κ3) is 3.01.